The Morgan fingerprint density at radius 2 is 0.775 bits per heavy atom. The minimum Gasteiger partial charge on any atom is -0.289 e. The highest BCUT2D eigenvalue weighted by Crippen LogP contribution is 2.41. The van der Waals surface area contributed by atoms with E-state index in [1.807, 2.05) is 0 Å². The Labute approximate surface area is 223 Å². The lowest BCUT2D eigenvalue weighted by molar-refractivity contribution is -0.138. The van der Waals surface area contributed by atoms with Gasteiger partial charge in [0, 0.05) is 22.3 Å². The zero-order valence-electron chi connectivity index (χ0n) is 20.3. The summed E-state index contributed by atoms with van der Waals surface area (Å²) in [4.78, 5) is 26.5. The van der Waals surface area contributed by atoms with E-state index in [4.69, 9.17) is 0 Å². The van der Waals surface area contributed by atoms with E-state index in [9.17, 15) is 35.9 Å². The summed E-state index contributed by atoms with van der Waals surface area (Å²) in [6, 6.07) is 21.5. The van der Waals surface area contributed by atoms with Crippen molar-refractivity contribution in [1.29, 1.82) is 0 Å². The number of carbonyl (C=O) groups is 2. The number of benzene rings is 5. The largest absolute Gasteiger partial charge is 0.416 e. The summed E-state index contributed by atoms with van der Waals surface area (Å²) < 4.78 is 81.2. The molecule has 0 N–H and O–H groups in total. The molecule has 40 heavy (non-hydrogen) atoms. The first-order chi connectivity index (χ1) is 18.9. The molecule has 0 radical (unpaired) electrons. The normalized spacial score (nSPS) is 13.3. The number of alkyl halides is 6. The van der Waals surface area contributed by atoms with Crippen molar-refractivity contribution >= 4 is 22.3 Å². The monoisotopic (exact) mass is 546 g/mol. The van der Waals surface area contributed by atoms with Gasteiger partial charge in [0.2, 0.25) is 0 Å². The van der Waals surface area contributed by atoms with E-state index in [0.717, 1.165) is 24.3 Å². The maximum absolute atomic E-state index is 13.5. The molecule has 1 aliphatic rings. The number of hydrogen-bond donors (Lipinski definition) is 0. The second kappa shape index (κ2) is 8.91. The first kappa shape index (κ1) is 25.6. The number of carbonyl (C=O) groups excluding carboxylic acids is 2. The van der Waals surface area contributed by atoms with Crippen molar-refractivity contribution in [3.05, 3.63) is 130 Å². The third-order valence-electron chi connectivity index (χ3n) is 7.02. The van der Waals surface area contributed by atoms with E-state index >= 15 is 0 Å². The Morgan fingerprint density at radius 1 is 0.400 bits per heavy atom. The van der Waals surface area contributed by atoms with Crippen molar-refractivity contribution < 1.29 is 35.9 Å². The molecule has 0 aromatic heterocycles. The summed E-state index contributed by atoms with van der Waals surface area (Å²) in [5.41, 5.74) is -0.275. The molecule has 5 aromatic rings. The van der Waals surface area contributed by atoms with Crippen LogP contribution in [0.25, 0.3) is 33.0 Å². The third-order valence-corrected chi connectivity index (χ3v) is 7.02. The lowest BCUT2D eigenvalue weighted by Crippen LogP contribution is -2.20. The van der Waals surface area contributed by atoms with Gasteiger partial charge in [-0.2, -0.15) is 26.3 Å². The number of ketones is 2. The summed E-state index contributed by atoms with van der Waals surface area (Å²) in [5.74, 6) is -0.732. The van der Waals surface area contributed by atoms with Gasteiger partial charge in [-0.25, -0.2) is 0 Å². The maximum atomic E-state index is 13.5. The molecule has 6 rings (SSSR count). The summed E-state index contributed by atoms with van der Waals surface area (Å²) in [5, 5.41) is 0.893. The van der Waals surface area contributed by atoms with E-state index in [1.165, 1.54) is 36.4 Å². The molecule has 0 saturated heterocycles. The van der Waals surface area contributed by atoms with Crippen LogP contribution in [0.15, 0.2) is 97.1 Å². The van der Waals surface area contributed by atoms with E-state index in [-0.39, 0.29) is 56.1 Å². The molecule has 0 unspecified atom stereocenters. The van der Waals surface area contributed by atoms with Crippen LogP contribution in [0.4, 0.5) is 26.3 Å². The number of halogens is 6. The molecule has 0 bridgehead atoms. The molecule has 0 heterocycles. The Balaban J connectivity index is 1.63. The van der Waals surface area contributed by atoms with Crippen LogP contribution in [0, 0.1) is 0 Å². The molecular formula is C32H16F6O2. The van der Waals surface area contributed by atoms with Crippen LogP contribution in [0.1, 0.15) is 43.0 Å². The number of fused-ring (bicyclic) bond motifs is 3. The zero-order chi connectivity index (χ0) is 28.4. The molecule has 0 spiro atoms. The Bertz CT molecular complexity index is 1730. The first-order valence-electron chi connectivity index (χ1n) is 12.1. The van der Waals surface area contributed by atoms with Gasteiger partial charge in [-0.3, -0.25) is 9.59 Å². The average Bonchev–Trinajstić information content (AvgIpc) is 2.93. The maximum Gasteiger partial charge on any atom is 0.416 e. The van der Waals surface area contributed by atoms with Gasteiger partial charge in [0.1, 0.15) is 0 Å². The van der Waals surface area contributed by atoms with Gasteiger partial charge < -0.3 is 0 Å². The highest BCUT2D eigenvalue weighted by Gasteiger charge is 2.33. The van der Waals surface area contributed by atoms with Crippen molar-refractivity contribution in [2.24, 2.45) is 0 Å². The van der Waals surface area contributed by atoms with Crippen molar-refractivity contribution in [1.82, 2.24) is 0 Å². The smallest absolute Gasteiger partial charge is 0.289 e. The van der Waals surface area contributed by atoms with E-state index in [0.29, 0.717) is 10.8 Å². The molecule has 0 aliphatic heterocycles. The van der Waals surface area contributed by atoms with Crippen LogP contribution in [-0.4, -0.2) is 11.6 Å². The summed E-state index contributed by atoms with van der Waals surface area (Å²) in [6.45, 7) is 0. The fourth-order valence-electron chi connectivity index (χ4n) is 5.10. The second-order valence-corrected chi connectivity index (χ2v) is 9.50. The minimum atomic E-state index is -4.64. The summed E-state index contributed by atoms with van der Waals surface area (Å²) in [7, 11) is 0. The predicted molar refractivity (Wildman–Crippen MR) is 138 cm³/mol. The highest BCUT2D eigenvalue weighted by atomic mass is 19.4. The third kappa shape index (κ3) is 4.25. The fraction of sp³-hybridized carbons (Fsp3) is 0.0625. The first-order valence-corrected chi connectivity index (χ1v) is 12.1. The molecule has 0 atom stereocenters. The molecule has 0 saturated carbocycles. The van der Waals surface area contributed by atoms with Gasteiger partial charge in [-0.05, 0) is 81.6 Å². The van der Waals surface area contributed by atoms with Crippen LogP contribution in [-0.2, 0) is 12.4 Å². The summed E-state index contributed by atoms with van der Waals surface area (Å²) in [6.07, 6.45) is -9.27. The lowest BCUT2D eigenvalue weighted by atomic mass is 9.81. The Morgan fingerprint density at radius 3 is 1.15 bits per heavy atom. The van der Waals surface area contributed by atoms with Crippen molar-refractivity contribution in [3.63, 3.8) is 0 Å². The van der Waals surface area contributed by atoms with Crippen LogP contribution < -0.4 is 0 Å². The summed E-state index contributed by atoms with van der Waals surface area (Å²) >= 11 is 0. The molecule has 0 fully saturated rings. The Hall–Kier alpha value is -4.72. The van der Waals surface area contributed by atoms with Gasteiger partial charge in [0.05, 0.1) is 11.1 Å². The molecule has 1 aliphatic carbocycles. The van der Waals surface area contributed by atoms with Crippen molar-refractivity contribution in [2.45, 2.75) is 12.4 Å². The quantitative estimate of drug-likeness (QED) is 0.203. The van der Waals surface area contributed by atoms with Gasteiger partial charge in [0.25, 0.3) is 0 Å². The lowest BCUT2D eigenvalue weighted by Gasteiger charge is -2.20. The zero-order valence-corrected chi connectivity index (χ0v) is 20.3. The van der Waals surface area contributed by atoms with Crippen molar-refractivity contribution in [2.75, 3.05) is 0 Å². The standard InChI is InChI=1S/C32H16F6O2/c33-31(34,35)21-7-3-5-17(11-21)25-13-19-15-27-28(30(40)24-10-2-1-9-23(24)29(27)39)16-20(19)14-26(25)18-6-4-8-22(12-18)32(36,37)38/h1-16H. The molecule has 0 amide bonds. The molecular weight excluding hydrogens is 530 g/mol. The SMILES string of the molecule is O=C1c2ccccc2C(=O)c2cc3cc(-c4cccc(C(F)(F)F)c4)c(-c4cccc(C(F)(F)F)c4)cc3cc21. The number of rotatable bonds is 2. The molecule has 8 heteroatoms. The van der Waals surface area contributed by atoms with E-state index < -0.39 is 23.5 Å². The van der Waals surface area contributed by atoms with Gasteiger partial charge >= 0.3 is 12.4 Å². The van der Waals surface area contributed by atoms with Crippen molar-refractivity contribution in [3.8, 4) is 22.3 Å². The second-order valence-electron chi connectivity index (χ2n) is 9.50. The fourth-order valence-corrected chi connectivity index (χ4v) is 5.10. The van der Waals surface area contributed by atoms with Crippen LogP contribution in [0.2, 0.25) is 0 Å². The van der Waals surface area contributed by atoms with E-state index in [1.54, 1.807) is 36.4 Å². The van der Waals surface area contributed by atoms with Crippen LogP contribution in [0.3, 0.4) is 0 Å². The predicted octanol–water partition coefficient (Wildman–Crippen LogP) is 8.99. The average molecular weight is 546 g/mol. The highest BCUT2D eigenvalue weighted by molar-refractivity contribution is 6.29. The van der Waals surface area contributed by atoms with Crippen LogP contribution >= 0.6 is 0 Å². The van der Waals surface area contributed by atoms with Gasteiger partial charge in [-0.15, -0.1) is 0 Å². The Kier molecular flexibility index (Phi) is 5.69. The minimum absolute atomic E-state index is 0.134. The molecule has 5 aromatic carbocycles. The molecule has 198 valence electrons. The van der Waals surface area contributed by atoms with E-state index in [2.05, 4.69) is 0 Å². The van der Waals surface area contributed by atoms with Gasteiger partial charge in [0.15, 0.2) is 11.6 Å². The van der Waals surface area contributed by atoms with Crippen LogP contribution in [0.5, 0.6) is 0 Å². The van der Waals surface area contributed by atoms with Gasteiger partial charge in [-0.1, -0.05) is 48.5 Å². The topological polar surface area (TPSA) is 34.1 Å². The molecule has 2 nitrogen and oxygen atoms in total. The number of hydrogen-bond acceptors (Lipinski definition) is 2.